The molecule has 0 aliphatic carbocycles. The van der Waals surface area contributed by atoms with Gasteiger partial charge in [0.25, 0.3) is 0 Å². The van der Waals surface area contributed by atoms with Crippen molar-refractivity contribution in [2.45, 2.75) is 124 Å². The number of aryl methyl sites for hydroxylation is 2. The molecule has 0 fully saturated rings. The quantitative estimate of drug-likeness (QED) is 0.115. The third kappa shape index (κ3) is 9.40. The van der Waals surface area contributed by atoms with Gasteiger partial charge in [0.15, 0.2) is 0 Å². The molecule has 0 radical (unpaired) electrons. The molecule has 0 unspecified atom stereocenters. The number of rotatable bonds is 6. The van der Waals surface area contributed by atoms with Crippen molar-refractivity contribution in [1.82, 2.24) is 0 Å². The first-order chi connectivity index (χ1) is 28.5. The van der Waals surface area contributed by atoms with Crippen molar-refractivity contribution >= 4 is 21.5 Å². The van der Waals surface area contributed by atoms with Crippen LogP contribution in [0.25, 0.3) is 43.8 Å². The first-order valence-electron chi connectivity index (χ1n) is 22.4. The Balaban J connectivity index is 0.00000257. The normalized spacial score (nSPS) is 12.5. The van der Waals surface area contributed by atoms with Crippen molar-refractivity contribution in [1.29, 1.82) is 0 Å². The Labute approximate surface area is 407 Å². The number of benzene rings is 6. The zero-order valence-electron chi connectivity index (χ0n) is 41.9. The first-order valence-corrected chi connectivity index (χ1v) is 22.4. The van der Waals surface area contributed by atoms with Crippen molar-refractivity contribution in [3.05, 3.63) is 216 Å². The average Bonchev–Trinajstić information content (AvgIpc) is 3.83. The summed E-state index contributed by atoms with van der Waals surface area (Å²) >= 11 is 0. The third-order valence-corrected chi connectivity index (χ3v) is 13.3. The van der Waals surface area contributed by atoms with Crippen LogP contribution in [0.4, 0.5) is 0 Å². The maximum Gasteiger partial charge on any atom is 4.00 e. The Kier molecular flexibility index (Phi) is 14.2. The molecule has 0 atom stereocenters. The van der Waals surface area contributed by atoms with Crippen LogP contribution in [0.15, 0.2) is 146 Å². The van der Waals surface area contributed by atoms with E-state index in [4.69, 9.17) is 0 Å². The third-order valence-electron chi connectivity index (χ3n) is 13.3. The van der Waals surface area contributed by atoms with E-state index < -0.39 is 5.41 Å². The molecule has 0 N–H and O–H groups in total. The van der Waals surface area contributed by atoms with Gasteiger partial charge in [-0.05, 0) is 80.0 Å². The van der Waals surface area contributed by atoms with Gasteiger partial charge in [-0.1, -0.05) is 202 Å². The minimum absolute atomic E-state index is 0. The molecule has 8 aromatic carbocycles. The molecule has 328 valence electrons. The van der Waals surface area contributed by atoms with E-state index in [1.165, 1.54) is 99.4 Å². The largest absolute Gasteiger partial charge is 4.00 e. The maximum atomic E-state index is 2.52. The van der Waals surface area contributed by atoms with E-state index in [0.717, 1.165) is 0 Å². The Morgan fingerprint density at radius 3 is 0.922 bits per heavy atom. The molecule has 0 amide bonds. The van der Waals surface area contributed by atoms with E-state index in [1.807, 2.05) is 0 Å². The second-order valence-electron chi connectivity index (χ2n) is 22.2. The van der Waals surface area contributed by atoms with Crippen LogP contribution in [0.2, 0.25) is 0 Å². The predicted molar refractivity (Wildman–Crippen MR) is 279 cm³/mol. The molecule has 64 heavy (non-hydrogen) atoms. The van der Waals surface area contributed by atoms with Gasteiger partial charge in [-0.3, -0.25) is 0 Å². The fourth-order valence-electron chi connectivity index (χ4n) is 9.31. The molecule has 1 heteroatoms. The summed E-state index contributed by atoms with van der Waals surface area (Å²) in [5, 5.41) is 5.11. The molecule has 0 bridgehead atoms. The van der Waals surface area contributed by atoms with Crippen LogP contribution in [-0.4, -0.2) is 0 Å². The SMILES string of the molecule is Cc1ccc(C(c2ccc(C)cc2)(c2cc3c(-c4cc(C(C)(C)C)cc(C(C)(C)C)c4)cccc3[cH-]2)c2cc3c(-c4cc(C(C)(C)C)cc(C(C)(C)C)c4)cccc3[cH-]2)cc1.[CH3-].[CH3-].[Hf+4]. The van der Waals surface area contributed by atoms with Gasteiger partial charge in [-0.15, -0.1) is 69.1 Å². The standard InChI is InChI=1S/C61H66.2CH3.Hf/c1-39-21-25-45(26-22-39)61(46-27-23-40(2)24-28-46,51-29-41-17-15-19-53(55(41)37-51)43-31-47(57(3,4)5)35-48(32-43)58(6,7)8)52-30-42-18-16-20-54(56(42)38-52)44-33-49(59(9,10)11)36-50(34-44)60(12,13)14;;;/h15-38H,1-14H3;2*1H3;/q-2;2*-1;+4. The summed E-state index contributed by atoms with van der Waals surface area (Å²) in [4.78, 5) is 0. The van der Waals surface area contributed by atoms with Crippen molar-refractivity contribution in [3.8, 4) is 22.3 Å². The Bertz CT molecular complexity index is 2610. The Morgan fingerprint density at radius 1 is 0.344 bits per heavy atom. The van der Waals surface area contributed by atoms with Crippen molar-refractivity contribution in [3.63, 3.8) is 0 Å². The van der Waals surface area contributed by atoms with Gasteiger partial charge in [-0.25, -0.2) is 0 Å². The summed E-state index contributed by atoms with van der Waals surface area (Å²) in [6, 6.07) is 57.1. The van der Waals surface area contributed by atoms with Crippen molar-refractivity contribution in [2.75, 3.05) is 0 Å². The second-order valence-corrected chi connectivity index (χ2v) is 22.2. The average molecular weight is 1010 g/mol. The van der Waals surface area contributed by atoms with Crippen molar-refractivity contribution in [2.24, 2.45) is 0 Å². The van der Waals surface area contributed by atoms with Crippen LogP contribution in [0.5, 0.6) is 0 Å². The zero-order valence-corrected chi connectivity index (χ0v) is 45.4. The molecule has 0 heterocycles. The molecule has 0 saturated heterocycles. The van der Waals surface area contributed by atoms with E-state index >= 15 is 0 Å². The van der Waals surface area contributed by atoms with Gasteiger partial charge in [0.2, 0.25) is 0 Å². The van der Waals surface area contributed by atoms with E-state index in [1.54, 1.807) is 0 Å². The maximum absolute atomic E-state index is 2.52. The molecule has 0 spiro atoms. The fraction of sp³-hybridized carbons (Fsp3) is 0.302. The van der Waals surface area contributed by atoms with Crippen LogP contribution in [0.1, 0.15) is 139 Å². The smallest absolute Gasteiger partial charge is 0.358 e. The zero-order chi connectivity index (χ0) is 43.9. The van der Waals surface area contributed by atoms with E-state index in [2.05, 4.69) is 243 Å². The van der Waals surface area contributed by atoms with Gasteiger partial charge in [0.1, 0.15) is 0 Å². The number of fused-ring (bicyclic) bond motifs is 2. The summed E-state index contributed by atoms with van der Waals surface area (Å²) in [5.74, 6) is 0. The molecule has 8 aromatic rings. The fourth-order valence-corrected chi connectivity index (χ4v) is 9.31. The molecular weight excluding hydrogens is 935 g/mol. The minimum Gasteiger partial charge on any atom is -0.358 e. The first kappa shape index (κ1) is 50.4. The van der Waals surface area contributed by atoms with Crippen LogP contribution >= 0.6 is 0 Å². The van der Waals surface area contributed by atoms with Crippen LogP contribution < -0.4 is 0 Å². The summed E-state index contributed by atoms with van der Waals surface area (Å²) < 4.78 is 0. The Morgan fingerprint density at radius 2 is 0.641 bits per heavy atom. The van der Waals surface area contributed by atoms with Gasteiger partial charge in [0.05, 0.1) is 0 Å². The van der Waals surface area contributed by atoms with Crippen LogP contribution in [0.3, 0.4) is 0 Å². The topological polar surface area (TPSA) is 0 Å². The number of hydrogen-bond acceptors (Lipinski definition) is 0. The molecule has 0 saturated carbocycles. The van der Waals surface area contributed by atoms with Gasteiger partial charge in [0, 0.05) is 5.41 Å². The molecule has 0 aliphatic rings. The molecule has 0 aromatic heterocycles. The Hall–Kier alpha value is -4.59. The molecule has 8 rings (SSSR count). The second kappa shape index (κ2) is 18.0. The summed E-state index contributed by atoms with van der Waals surface area (Å²) in [6.45, 7) is 32.4. The summed E-state index contributed by atoms with van der Waals surface area (Å²) in [5.41, 5.74) is 17.7. The minimum atomic E-state index is -0.596. The number of hydrogen-bond donors (Lipinski definition) is 0. The van der Waals surface area contributed by atoms with Gasteiger partial charge < -0.3 is 14.9 Å². The van der Waals surface area contributed by atoms with Crippen LogP contribution in [0, 0.1) is 28.7 Å². The summed E-state index contributed by atoms with van der Waals surface area (Å²) in [6.07, 6.45) is 0. The molecular formula is C63H72Hf. The molecule has 0 aliphatic heterocycles. The van der Waals surface area contributed by atoms with Crippen LogP contribution in [-0.2, 0) is 52.9 Å². The van der Waals surface area contributed by atoms with E-state index in [-0.39, 0.29) is 62.4 Å². The monoisotopic (exact) mass is 1010 g/mol. The van der Waals surface area contributed by atoms with Crippen molar-refractivity contribution < 1.29 is 25.8 Å². The van der Waals surface area contributed by atoms with E-state index in [0.29, 0.717) is 0 Å². The molecule has 0 nitrogen and oxygen atoms in total. The predicted octanol–water partition coefficient (Wildman–Crippen LogP) is 17.9. The van der Waals surface area contributed by atoms with Gasteiger partial charge >= 0.3 is 25.8 Å². The van der Waals surface area contributed by atoms with E-state index in [9.17, 15) is 0 Å². The summed E-state index contributed by atoms with van der Waals surface area (Å²) in [7, 11) is 0. The van der Waals surface area contributed by atoms with Gasteiger partial charge in [-0.2, -0.15) is 12.1 Å².